The number of fused-ring (bicyclic) bond motifs is 2. The van der Waals surface area contributed by atoms with Gasteiger partial charge in [-0.15, -0.1) is 0 Å². The van der Waals surface area contributed by atoms with Crippen LogP contribution in [0, 0.1) is 25.7 Å². The Kier molecular flexibility index (Phi) is 15.6. The van der Waals surface area contributed by atoms with Crippen LogP contribution in [0.2, 0.25) is 0 Å². The first-order valence-electron chi connectivity index (χ1n) is 17.8. The molecule has 0 aromatic heterocycles. The Morgan fingerprint density at radius 2 is 0.850 bits per heavy atom. The number of benzene rings is 4. The third-order valence-corrected chi connectivity index (χ3v) is 11.7. The number of rotatable bonds is 9. The molecule has 14 nitrogen and oxygen atoms in total. The monoisotopic (exact) mass is 904 g/mol. The van der Waals surface area contributed by atoms with Gasteiger partial charge in [-0.1, -0.05) is 39.8 Å². The number of allylic oxidation sites excluding steroid dienone is 4. The van der Waals surface area contributed by atoms with Crippen molar-refractivity contribution in [3.63, 3.8) is 0 Å². The normalized spacial score (nSPS) is 15.6. The number of hydrogen-bond acceptors (Lipinski definition) is 14. The summed E-state index contributed by atoms with van der Waals surface area (Å²) in [6, 6.07) is 12.8. The number of aryl methyl sites for hydroxylation is 2. The number of aliphatic hydroxyl groups excluding tert-OH is 2. The van der Waals surface area contributed by atoms with Crippen molar-refractivity contribution < 1.29 is 159 Å². The van der Waals surface area contributed by atoms with Crippen molar-refractivity contribution in [3.05, 3.63) is 118 Å². The van der Waals surface area contributed by atoms with E-state index in [0.717, 1.165) is 24.3 Å². The molecule has 0 fully saturated rings. The molecule has 60 heavy (non-hydrogen) atoms. The fourth-order valence-corrected chi connectivity index (χ4v) is 8.31. The number of phenols is 2. The van der Waals surface area contributed by atoms with Gasteiger partial charge < -0.3 is 40.2 Å². The quantitative estimate of drug-likeness (QED) is 0.0783. The maximum absolute atomic E-state index is 13.9. The van der Waals surface area contributed by atoms with E-state index in [0.29, 0.717) is 22.3 Å². The van der Waals surface area contributed by atoms with Crippen molar-refractivity contribution in [1.82, 2.24) is 0 Å². The van der Waals surface area contributed by atoms with Gasteiger partial charge in [-0.3, -0.25) is 9.59 Å². The van der Waals surface area contributed by atoms with Crippen LogP contribution in [0.4, 0.5) is 11.4 Å². The molecule has 6 rings (SSSR count). The first-order chi connectivity index (χ1) is 27.0. The van der Waals surface area contributed by atoms with Crippen molar-refractivity contribution >= 4 is 65.5 Å². The summed E-state index contributed by atoms with van der Waals surface area (Å²) in [5, 5.41) is 52.7. The Hall–Kier alpha value is -2.93. The summed E-state index contributed by atoms with van der Waals surface area (Å²) in [4.78, 5) is 26.8. The number of aliphatic hydroxyl groups is 2. The Morgan fingerprint density at radius 1 is 0.550 bits per heavy atom. The first kappa shape index (κ1) is 49.7. The first-order valence-corrected chi connectivity index (χ1v) is 20.6. The van der Waals surface area contributed by atoms with Crippen LogP contribution in [0.15, 0.2) is 94.4 Å². The van der Waals surface area contributed by atoms with Crippen molar-refractivity contribution in [2.45, 2.75) is 51.3 Å². The van der Waals surface area contributed by atoms with Gasteiger partial charge in [0.25, 0.3) is 0 Å². The smallest absolute Gasteiger partial charge is 0.744 e. The van der Waals surface area contributed by atoms with Crippen molar-refractivity contribution in [1.29, 1.82) is 0 Å². The predicted molar refractivity (Wildman–Crippen MR) is 215 cm³/mol. The second-order valence-electron chi connectivity index (χ2n) is 14.5. The minimum absolute atomic E-state index is 0. The zero-order valence-corrected chi connectivity index (χ0v) is 41.8. The molecule has 302 valence electrons. The van der Waals surface area contributed by atoms with Crippen LogP contribution in [-0.4, -0.2) is 57.9 Å². The molecule has 2 aliphatic carbocycles. The Labute approximate surface area is 432 Å². The van der Waals surface area contributed by atoms with E-state index in [9.17, 15) is 56.0 Å². The maximum atomic E-state index is 13.9. The van der Waals surface area contributed by atoms with Crippen LogP contribution in [0.25, 0.3) is 33.4 Å². The fourth-order valence-electron chi connectivity index (χ4n) is 7.37. The number of phenolic OH excluding ortho intramolecular Hbond substituents is 2. The van der Waals surface area contributed by atoms with Crippen LogP contribution in [0.5, 0.6) is 11.5 Å². The molecule has 6 N–H and O–H groups in total. The molecule has 0 aliphatic heterocycles. The van der Waals surface area contributed by atoms with Gasteiger partial charge in [-0.2, -0.15) is 0 Å². The molecule has 4 aromatic carbocycles. The standard InChI is InChI=1S/C42H40N2O12S2.2K/c1-19(2)31-27-15-21(5)33(39(47)35(27)29(37(45)41(31)49)17-43-23-7-11-25(12-8-23)57(51,52)53)34-22(6)16-28-32(20(3)4)42(50)38(46)30(36(28)40(34)48)18-44-24-9-13-26(14-10-24)58(54,55)56;;/h7-20,43-44,47-50H,1-6H3,(H,51,52,53)(H,54,55,56);;/q;2*+1/p-2/b29-17-,30-18-;;. The molecule has 2 aliphatic rings. The Morgan fingerprint density at radius 3 is 1.12 bits per heavy atom. The van der Waals surface area contributed by atoms with Gasteiger partial charge in [0.15, 0.2) is 11.5 Å². The number of Topliss-reactive ketones (excluding diaryl/α,β-unsaturated/α-hetero) is 2. The number of carbonyl (C=O) groups is 2. The molecular formula is C42H38K2N2O12S2. The van der Waals surface area contributed by atoms with Crippen LogP contribution in [-0.2, 0) is 29.8 Å². The Balaban J connectivity index is 0.00000397. The maximum Gasteiger partial charge on any atom is 1.00 e. The summed E-state index contributed by atoms with van der Waals surface area (Å²) in [5.74, 6) is -4.49. The molecule has 18 heteroatoms. The van der Waals surface area contributed by atoms with Gasteiger partial charge in [0.1, 0.15) is 31.7 Å². The molecule has 0 heterocycles. The van der Waals surface area contributed by atoms with E-state index in [1.165, 1.54) is 36.7 Å². The summed E-state index contributed by atoms with van der Waals surface area (Å²) in [7, 11) is -9.45. The molecular weight excluding hydrogens is 867 g/mol. The molecule has 0 radical (unpaired) electrons. The topological polar surface area (TPSA) is 254 Å². The minimum atomic E-state index is -4.73. The summed E-state index contributed by atoms with van der Waals surface area (Å²) in [5.41, 5.74) is 2.34. The fraction of sp³-hybridized carbons (Fsp3) is 0.190. The van der Waals surface area contributed by atoms with E-state index in [1.807, 2.05) is 0 Å². The largest absolute Gasteiger partial charge is 1.00 e. The second-order valence-corrected chi connectivity index (χ2v) is 17.3. The van der Waals surface area contributed by atoms with Gasteiger partial charge in [0, 0.05) is 57.2 Å². The SMILES string of the molecule is Cc1cc2c(c(O)c1-c1c(C)cc3c(c1O)/C(=C/Nc1ccc(S(=O)(=O)[O-])cc1)C(=O)C(O)=C3C(C)C)/C(=C/Nc1ccc(S(=O)(=O)[O-])cc1)C(=O)C(O)=C2C(C)C.[K+].[K+]. The molecule has 4 aromatic rings. The van der Waals surface area contributed by atoms with Gasteiger partial charge in [-0.05, 0) is 96.5 Å². The van der Waals surface area contributed by atoms with Crippen LogP contribution in [0.1, 0.15) is 61.1 Å². The van der Waals surface area contributed by atoms with Gasteiger partial charge in [0.05, 0.1) is 20.9 Å². The number of carbonyl (C=O) groups excluding carboxylic acids is 2. The minimum Gasteiger partial charge on any atom is -0.744 e. The van der Waals surface area contributed by atoms with E-state index in [2.05, 4.69) is 10.6 Å². The summed E-state index contributed by atoms with van der Waals surface area (Å²) >= 11 is 0. The average molecular weight is 905 g/mol. The van der Waals surface area contributed by atoms with Crippen LogP contribution < -0.4 is 113 Å². The number of ketones is 2. The van der Waals surface area contributed by atoms with E-state index in [-0.39, 0.29) is 159 Å². The second kappa shape index (κ2) is 18.8. The number of aromatic hydroxyl groups is 2. The summed E-state index contributed by atoms with van der Waals surface area (Å²) in [6.45, 7) is 10.4. The Bertz CT molecular complexity index is 2620. The molecule has 0 unspecified atom stereocenters. The molecule has 0 spiro atoms. The number of nitrogens with one attached hydrogen (secondary N) is 2. The molecule has 0 saturated heterocycles. The number of anilines is 2. The third-order valence-electron chi connectivity index (χ3n) is 10.0. The van der Waals surface area contributed by atoms with E-state index in [4.69, 9.17) is 0 Å². The summed E-state index contributed by atoms with van der Waals surface area (Å²) in [6.07, 6.45) is 2.45. The van der Waals surface area contributed by atoms with E-state index >= 15 is 0 Å². The van der Waals surface area contributed by atoms with Gasteiger partial charge in [-0.25, -0.2) is 16.8 Å². The zero-order chi connectivity index (χ0) is 42.8. The molecule has 0 saturated carbocycles. The van der Waals surface area contributed by atoms with Crippen molar-refractivity contribution in [2.75, 3.05) is 10.6 Å². The van der Waals surface area contributed by atoms with Crippen molar-refractivity contribution in [2.24, 2.45) is 11.8 Å². The molecule has 0 amide bonds. The van der Waals surface area contributed by atoms with Gasteiger partial charge >= 0.3 is 103 Å². The average Bonchev–Trinajstić information content (AvgIpc) is 3.13. The van der Waals surface area contributed by atoms with Gasteiger partial charge in [0.2, 0.25) is 11.6 Å². The number of hydrogen-bond donors (Lipinski definition) is 6. The third kappa shape index (κ3) is 9.37. The van der Waals surface area contributed by atoms with Crippen LogP contribution in [0.3, 0.4) is 0 Å². The van der Waals surface area contributed by atoms with E-state index in [1.54, 1.807) is 53.7 Å². The summed E-state index contributed by atoms with van der Waals surface area (Å²) < 4.78 is 68.7. The molecule has 0 atom stereocenters. The predicted octanol–water partition coefficient (Wildman–Crippen LogP) is 1.12. The van der Waals surface area contributed by atoms with E-state index < -0.39 is 76.4 Å². The van der Waals surface area contributed by atoms with Crippen molar-refractivity contribution in [3.8, 4) is 22.6 Å². The molecule has 0 bridgehead atoms. The zero-order valence-electron chi connectivity index (χ0n) is 34.0. The van der Waals surface area contributed by atoms with Crippen LogP contribution >= 0.6 is 0 Å².